The summed E-state index contributed by atoms with van der Waals surface area (Å²) in [6.07, 6.45) is 3.89. The van der Waals surface area contributed by atoms with Crippen molar-refractivity contribution in [1.29, 1.82) is 0 Å². The number of nitrogens with two attached hydrogens (primary N) is 1. The van der Waals surface area contributed by atoms with E-state index in [2.05, 4.69) is 22.4 Å². The first kappa shape index (κ1) is 20.5. The lowest BCUT2D eigenvalue weighted by Gasteiger charge is -2.13. The van der Waals surface area contributed by atoms with E-state index in [9.17, 15) is 4.79 Å². The summed E-state index contributed by atoms with van der Waals surface area (Å²) in [5.74, 6) is 1.21. The zero-order valence-corrected chi connectivity index (χ0v) is 17.1. The zero-order valence-electron chi connectivity index (χ0n) is 17.1. The molecule has 3 aromatic rings. The van der Waals surface area contributed by atoms with Crippen LogP contribution in [0.1, 0.15) is 31.5 Å². The molecule has 5 nitrogen and oxygen atoms in total. The third kappa shape index (κ3) is 6.14. The van der Waals surface area contributed by atoms with E-state index >= 15 is 0 Å². The number of carbonyl (C=O) groups excluding carboxylic acids is 1. The fraction of sp³-hybridized carbons (Fsp3) is 0.292. The van der Waals surface area contributed by atoms with Crippen molar-refractivity contribution in [3.05, 3.63) is 72.1 Å². The Kier molecular flexibility index (Phi) is 6.95. The van der Waals surface area contributed by atoms with Gasteiger partial charge in [0.2, 0.25) is 0 Å². The van der Waals surface area contributed by atoms with E-state index in [0.717, 1.165) is 29.8 Å². The average molecular weight is 389 g/mol. The largest absolute Gasteiger partial charge is 0.399 e. The molecule has 3 rings (SSSR count). The molecule has 0 saturated heterocycles. The summed E-state index contributed by atoms with van der Waals surface area (Å²) in [6, 6.07) is 17.9. The fourth-order valence-electron chi connectivity index (χ4n) is 3.16. The maximum atomic E-state index is 12.1. The number of hydrogen-bond donors (Lipinski definition) is 2. The fourth-order valence-corrected chi connectivity index (χ4v) is 3.16. The number of aromatic nitrogens is 2. The Morgan fingerprint density at radius 1 is 1.03 bits per heavy atom. The van der Waals surface area contributed by atoms with Crippen molar-refractivity contribution in [2.45, 2.75) is 33.1 Å². The highest BCUT2D eigenvalue weighted by Gasteiger charge is 2.12. The molecule has 0 amide bonds. The van der Waals surface area contributed by atoms with Crippen LogP contribution in [0.4, 0.5) is 11.5 Å². The van der Waals surface area contributed by atoms with Gasteiger partial charge in [-0.15, -0.1) is 0 Å². The maximum absolute atomic E-state index is 12.1. The van der Waals surface area contributed by atoms with Gasteiger partial charge in [0.25, 0.3) is 0 Å². The van der Waals surface area contributed by atoms with E-state index in [0.29, 0.717) is 23.8 Å². The van der Waals surface area contributed by atoms with Crippen molar-refractivity contribution in [3.63, 3.8) is 0 Å². The molecule has 0 unspecified atom stereocenters. The van der Waals surface area contributed by atoms with Crippen LogP contribution >= 0.6 is 0 Å². The Morgan fingerprint density at radius 2 is 1.76 bits per heavy atom. The third-order valence-corrected chi connectivity index (χ3v) is 4.63. The van der Waals surface area contributed by atoms with E-state index in [1.54, 1.807) is 6.20 Å². The summed E-state index contributed by atoms with van der Waals surface area (Å²) in [7, 11) is 0. The molecule has 29 heavy (non-hydrogen) atoms. The number of aryl methyl sites for hydroxylation is 2. The highest BCUT2D eigenvalue weighted by atomic mass is 16.1. The Morgan fingerprint density at radius 3 is 2.45 bits per heavy atom. The first-order valence-electron chi connectivity index (χ1n) is 10.0. The molecule has 0 saturated carbocycles. The standard InChI is InChI=1S/C24H28N4O/c1-17(2)14-21(29)15-26-24-22(13-8-18-6-4-3-5-7-18)28-23(16-27-24)19-9-11-20(25)12-10-19/h3-7,9-12,16-17H,8,13-15,25H2,1-2H3,(H,26,27). The Hall–Kier alpha value is -3.21. The number of anilines is 2. The van der Waals surface area contributed by atoms with Gasteiger partial charge in [-0.3, -0.25) is 4.79 Å². The minimum atomic E-state index is 0.179. The lowest BCUT2D eigenvalue weighted by molar-refractivity contribution is -0.118. The second-order valence-corrected chi connectivity index (χ2v) is 7.65. The number of nitrogens with one attached hydrogen (secondary N) is 1. The van der Waals surface area contributed by atoms with Crippen molar-refractivity contribution < 1.29 is 4.79 Å². The average Bonchev–Trinajstić information content (AvgIpc) is 2.72. The molecule has 0 aliphatic heterocycles. The molecule has 0 fully saturated rings. The number of benzene rings is 2. The topological polar surface area (TPSA) is 80.9 Å². The number of Topliss-reactive ketones (excluding diaryl/α,β-unsaturated/α-hetero) is 1. The summed E-state index contributed by atoms with van der Waals surface area (Å²) >= 11 is 0. The molecular formula is C24H28N4O. The quantitative estimate of drug-likeness (QED) is 0.526. The number of nitrogens with zero attached hydrogens (tertiary/aromatic N) is 2. The molecule has 0 spiro atoms. The number of nitrogen functional groups attached to an aromatic ring is 1. The number of carbonyl (C=O) groups is 1. The highest BCUT2D eigenvalue weighted by Crippen LogP contribution is 2.22. The number of hydrogen-bond acceptors (Lipinski definition) is 5. The van der Waals surface area contributed by atoms with Gasteiger partial charge in [0.15, 0.2) is 5.78 Å². The van der Waals surface area contributed by atoms with Crippen molar-refractivity contribution in [3.8, 4) is 11.3 Å². The van der Waals surface area contributed by atoms with Crippen LogP contribution in [0.15, 0.2) is 60.8 Å². The molecule has 2 aromatic carbocycles. The molecule has 5 heteroatoms. The van der Waals surface area contributed by atoms with Crippen molar-refractivity contribution in [1.82, 2.24) is 9.97 Å². The SMILES string of the molecule is CC(C)CC(=O)CNc1ncc(-c2ccc(N)cc2)nc1CCc1ccccc1. The Bertz CT molecular complexity index is 937. The van der Waals surface area contributed by atoms with Gasteiger partial charge in [0.05, 0.1) is 24.1 Å². The highest BCUT2D eigenvalue weighted by molar-refractivity contribution is 5.83. The van der Waals surface area contributed by atoms with E-state index in [4.69, 9.17) is 10.7 Å². The second kappa shape index (κ2) is 9.82. The lowest BCUT2D eigenvalue weighted by atomic mass is 10.1. The van der Waals surface area contributed by atoms with Crippen LogP contribution in [0.2, 0.25) is 0 Å². The molecule has 1 heterocycles. The molecular weight excluding hydrogens is 360 g/mol. The van der Waals surface area contributed by atoms with Crippen molar-refractivity contribution in [2.75, 3.05) is 17.6 Å². The summed E-state index contributed by atoms with van der Waals surface area (Å²) in [4.78, 5) is 21.5. The molecule has 1 aromatic heterocycles. The van der Waals surface area contributed by atoms with Gasteiger partial charge in [-0.05, 0) is 36.5 Å². The molecule has 0 aliphatic carbocycles. The number of rotatable bonds is 9. The molecule has 3 N–H and O–H groups in total. The monoisotopic (exact) mass is 388 g/mol. The van der Waals surface area contributed by atoms with Crippen LogP contribution in [-0.4, -0.2) is 22.3 Å². The number of ketones is 1. The second-order valence-electron chi connectivity index (χ2n) is 7.65. The van der Waals surface area contributed by atoms with Crippen molar-refractivity contribution in [2.24, 2.45) is 5.92 Å². The van der Waals surface area contributed by atoms with Crippen LogP contribution < -0.4 is 11.1 Å². The third-order valence-electron chi connectivity index (χ3n) is 4.63. The summed E-state index contributed by atoms with van der Waals surface area (Å²) < 4.78 is 0. The van der Waals surface area contributed by atoms with Gasteiger partial charge >= 0.3 is 0 Å². The lowest BCUT2D eigenvalue weighted by Crippen LogP contribution is -2.18. The first-order chi connectivity index (χ1) is 14.0. The summed E-state index contributed by atoms with van der Waals surface area (Å²) in [6.45, 7) is 4.36. The summed E-state index contributed by atoms with van der Waals surface area (Å²) in [5.41, 5.74) is 10.4. The van der Waals surface area contributed by atoms with Crippen LogP contribution in [-0.2, 0) is 17.6 Å². The molecule has 0 bridgehead atoms. The van der Waals surface area contributed by atoms with E-state index < -0.39 is 0 Å². The zero-order chi connectivity index (χ0) is 20.6. The molecule has 0 aliphatic rings. The predicted octanol–water partition coefficient (Wildman–Crippen LogP) is 4.54. The van der Waals surface area contributed by atoms with E-state index in [1.807, 2.05) is 56.3 Å². The van der Waals surface area contributed by atoms with Gasteiger partial charge in [0, 0.05) is 17.7 Å². The van der Waals surface area contributed by atoms with E-state index in [-0.39, 0.29) is 12.3 Å². The van der Waals surface area contributed by atoms with Gasteiger partial charge in [-0.25, -0.2) is 9.97 Å². The first-order valence-corrected chi connectivity index (χ1v) is 10.0. The van der Waals surface area contributed by atoms with Gasteiger partial charge in [0.1, 0.15) is 5.82 Å². The minimum absolute atomic E-state index is 0.179. The van der Waals surface area contributed by atoms with Gasteiger partial charge in [-0.1, -0.05) is 56.3 Å². The maximum Gasteiger partial charge on any atom is 0.152 e. The van der Waals surface area contributed by atoms with Crippen LogP contribution in [0.5, 0.6) is 0 Å². The van der Waals surface area contributed by atoms with Crippen LogP contribution in [0.3, 0.4) is 0 Å². The van der Waals surface area contributed by atoms with Gasteiger partial charge in [-0.2, -0.15) is 0 Å². The predicted molar refractivity (Wildman–Crippen MR) is 119 cm³/mol. The molecule has 150 valence electrons. The Labute approximate surface area is 172 Å². The Balaban J connectivity index is 1.81. The van der Waals surface area contributed by atoms with Crippen LogP contribution in [0, 0.1) is 5.92 Å². The summed E-state index contributed by atoms with van der Waals surface area (Å²) in [5, 5.41) is 3.20. The van der Waals surface area contributed by atoms with Crippen LogP contribution in [0.25, 0.3) is 11.3 Å². The minimum Gasteiger partial charge on any atom is -0.399 e. The molecule has 0 atom stereocenters. The normalized spacial score (nSPS) is 10.9. The van der Waals surface area contributed by atoms with E-state index in [1.165, 1.54) is 5.56 Å². The molecule has 0 radical (unpaired) electrons. The van der Waals surface area contributed by atoms with Gasteiger partial charge < -0.3 is 11.1 Å². The smallest absolute Gasteiger partial charge is 0.152 e. The van der Waals surface area contributed by atoms with Crippen molar-refractivity contribution >= 4 is 17.3 Å².